The number of hydrogen-bond acceptors (Lipinski definition) is 3. The zero-order valence-electron chi connectivity index (χ0n) is 10.9. The van der Waals surface area contributed by atoms with Crippen LogP contribution in [-0.2, 0) is 9.53 Å². The van der Waals surface area contributed by atoms with E-state index >= 15 is 0 Å². The number of amides is 2. The lowest BCUT2D eigenvalue weighted by Crippen LogP contribution is -2.50. The number of likely N-dealkylation sites (tertiary alicyclic amines) is 1. The Morgan fingerprint density at radius 1 is 1.40 bits per heavy atom. The van der Waals surface area contributed by atoms with E-state index in [-0.39, 0.29) is 19.0 Å². The molecule has 0 aromatic carbocycles. The van der Waals surface area contributed by atoms with Gasteiger partial charge in [-0.2, -0.15) is 0 Å². The number of nitrogens with one attached hydrogen (secondary N) is 1. The van der Waals surface area contributed by atoms with Crippen molar-refractivity contribution in [3.8, 4) is 0 Å². The Morgan fingerprint density at radius 3 is 2.60 bits per heavy atom. The third-order valence-electron chi connectivity index (χ3n) is 2.94. The number of piperidine rings is 1. The highest BCUT2D eigenvalue weighted by atomic mass is 19.4. The second kappa shape index (κ2) is 6.78. The van der Waals surface area contributed by atoms with Gasteiger partial charge in [-0.25, -0.2) is 4.79 Å². The molecule has 1 heterocycles. The van der Waals surface area contributed by atoms with Crippen molar-refractivity contribution in [1.82, 2.24) is 10.2 Å². The van der Waals surface area contributed by atoms with Gasteiger partial charge in [-0.1, -0.05) is 6.92 Å². The number of carbonyl (C=O) groups excluding carboxylic acids is 1. The Hall–Kier alpha value is -1.51. The molecule has 0 spiro atoms. The number of hydrogen-bond donors (Lipinski definition) is 2. The summed E-state index contributed by atoms with van der Waals surface area (Å²) in [6.07, 6.45) is -4.24. The average Bonchev–Trinajstić information content (AvgIpc) is 2.32. The summed E-state index contributed by atoms with van der Waals surface area (Å²) < 4.78 is 38.7. The summed E-state index contributed by atoms with van der Waals surface area (Å²) in [6.45, 7) is 1.30. The molecule has 1 fully saturated rings. The van der Waals surface area contributed by atoms with E-state index in [1.165, 1.54) is 4.90 Å². The molecule has 9 heteroatoms. The summed E-state index contributed by atoms with van der Waals surface area (Å²) >= 11 is 0. The standard InChI is InChI=1S/C11H17F3N2O4/c1-7-4-8(9(17)18)6-16(5-7)10(19)15-2-3-20-11(12,13)14/h7-8H,2-6H2,1H3,(H,15,19)(H,17,18). The molecule has 0 aromatic heterocycles. The van der Waals surface area contributed by atoms with Gasteiger partial charge in [-0.15, -0.1) is 13.2 Å². The Kier molecular flexibility index (Phi) is 5.61. The minimum Gasteiger partial charge on any atom is -0.481 e. The third kappa shape index (κ3) is 5.64. The van der Waals surface area contributed by atoms with Gasteiger partial charge in [-0.3, -0.25) is 9.53 Å². The lowest BCUT2D eigenvalue weighted by molar-refractivity contribution is -0.323. The summed E-state index contributed by atoms with van der Waals surface area (Å²) in [5.41, 5.74) is 0. The van der Waals surface area contributed by atoms with Crippen molar-refractivity contribution >= 4 is 12.0 Å². The van der Waals surface area contributed by atoms with Crippen molar-refractivity contribution in [3.63, 3.8) is 0 Å². The monoisotopic (exact) mass is 298 g/mol. The van der Waals surface area contributed by atoms with E-state index in [1.807, 2.05) is 6.92 Å². The van der Waals surface area contributed by atoms with Crippen LogP contribution in [0.2, 0.25) is 0 Å². The Balaban J connectivity index is 2.37. The van der Waals surface area contributed by atoms with Crippen molar-refractivity contribution < 1.29 is 32.6 Å². The fraction of sp³-hybridized carbons (Fsp3) is 0.818. The van der Waals surface area contributed by atoms with Crippen LogP contribution in [0.4, 0.5) is 18.0 Å². The maximum atomic E-state index is 11.7. The molecule has 1 aliphatic rings. The molecular weight excluding hydrogens is 281 g/mol. The lowest BCUT2D eigenvalue weighted by atomic mass is 9.91. The maximum absolute atomic E-state index is 11.7. The minimum absolute atomic E-state index is 0.0297. The normalized spacial score (nSPS) is 23.5. The van der Waals surface area contributed by atoms with Gasteiger partial charge in [0.1, 0.15) is 0 Å². The average molecular weight is 298 g/mol. The van der Waals surface area contributed by atoms with E-state index in [0.717, 1.165) is 0 Å². The number of urea groups is 1. The number of aliphatic carboxylic acids is 1. The zero-order valence-corrected chi connectivity index (χ0v) is 10.9. The van der Waals surface area contributed by atoms with Crippen LogP contribution in [0.5, 0.6) is 0 Å². The summed E-state index contributed by atoms with van der Waals surface area (Å²) in [6, 6.07) is -0.575. The van der Waals surface area contributed by atoms with Crippen LogP contribution >= 0.6 is 0 Å². The number of ether oxygens (including phenoxy) is 1. The number of rotatable bonds is 4. The van der Waals surface area contributed by atoms with Crippen molar-refractivity contribution in [2.75, 3.05) is 26.2 Å². The minimum atomic E-state index is -4.72. The maximum Gasteiger partial charge on any atom is 0.522 e. The number of carboxylic acids is 1. The van der Waals surface area contributed by atoms with E-state index in [2.05, 4.69) is 10.1 Å². The van der Waals surface area contributed by atoms with Crippen LogP contribution in [0.25, 0.3) is 0 Å². The summed E-state index contributed by atoms with van der Waals surface area (Å²) in [5.74, 6) is -1.59. The van der Waals surface area contributed by atoms with E-state index in [9.17, 15) is 22.8 Å². The molecule has 0 bridgehead atoms. The smallest absolute Gasteiger partial charge is 0.481 e. The van der Waals surface area contributed by atoms with E-state index in [0.29, 0.717) is 13.0 Å². The van der Waals surface area contributed by atoms with Gasteiger partial charge in [0.2, 0.25) is 0 Å². The molecule has 6 nitrogen and oxygen atoms in total. The van der Waals surface area contributed by atoms with Crippen molar-refractivity contribution in [1.29, 1.82) is 0 Å². The molecule has 1 saturated heterocycles. The first-order valence-electron chi connectivity index (χ1n) is 6.15. The quantitative estimate of drug-likeness (QED) is 0.766. The molecule has 1 aliphatic heterocycles. The van der Waals surface area contributed by atoms with Crippen LogP contribution in [0.1, 0.15) is 13.3 Å². The number of carboxylic acid groups (broad SMARTS) is 1. The van der Waals surface area contributed by atoms with Gasteiger partial charge in [-0.05, 0) is 12.3 Å². The lowest BCUT2D eigenvalue weighted by Gasteiger charge is -2.34. The highest BCUT2D eigenvalue weighted by Gasteiger charge is 2.32. The van der Waals surface area contributed by atoms with Crippen LogP contribution in [0, 0.1) is 11.8 Å². The SMILES string of the molecule is CC1CC(C(=O)O)CN(C(=O)NCCOC(F)(F)F)C1. The van der Waals surface area contributed by atoms with Gasteiger partial charge in [0.15, 0.2) is 0 Å². The summed E-state index contributed by atoms with van der Waals surface area (Å²) in [7, 11) is 0. The molecular formula is C11H17F3N2O4. The number of nitrogens with zero attached hydrogens (tertiary/aromatic N) is 1. The molecule has 2 amide bonds. The number of alkyl halides is 3. The first-order valence-corrected chi connectivity index (χ1v) is 6.15. The van der Waals surface area contributed by atoms with Crippen LogP contribution in [-0.4, -0.2) is 54.6 Å². The Morgan fingerprint density at radius 2 is 2.05 bits per heavy atom. The molecule has 0 aliphatic carbocycles. The van der Waals surface area contributed by atoms with E-state index in [4.69, 9.17) is 5.11 Å². The molecule has 20 heavy (non-hydrogen) atoms. The molecule has 2 atom stereocenters. The largest absolute Gasteiger partial charge is 0.522 e. The fourth-order valence-electron chi connectivity index (χ4n) is 2.13. The van der Waals surface area contributed by atoms with Crippen molar-refractivity contribution in [3.05, 3.63) is 0 Å². The molecule has 0 aromatic rings. The van der Waals surface area contributed by atoms with Crippen LogP contribution in [0.3, 0.4) is 0 Å². The molecule has 2 unspecified atom stereocenters. The number of halogens is 3. The highest BCUT2D eigenvalue weighted by Crippen LogP contribution is 2.21. The first-order chi connectivity index (χ1) is 9.19. The molecule has 0 saturated carbocycles. The highest BCUT2D eigenvalue weighted by molar-refractivity contribution is 5.76. The van der Waals surface area contributed by atoms with Crippen molar-refractivity contribution in [2.24, 2.45) is 11.8 Å². The molecule has 1 rings (SSSR count). The van der Waals surface area contributed by atoms with Gasteiger partial charge >= 0.3 is 18.4 Å². The van der Waals surface area contributed by atoms with Gasteiger partial charge < -0.3 is 15.3 Å². The predicted molar refractivity (Wildman–Crippen MR) is 61.9 cm³/mol. The topological polar surface area (TPSA) is 78.9 Å². The van der Waals surface area contributed by atoms with Gasteiger partial charge in [0.25, 0.3) is 0 Å². The fourth-order valence-corrected chi connectivity index (χ4v) is 2.13. The van der Waals surface area contributed by atoms with Gasteiger partial charge in [0, 0.05) is 19.6 Å². The second-order valence-electron chi connectivity index (χ2n) is 4.81. The zero-order chi connectivity index (χ0) is 15.3. The summed E-state index contributed by atoms with van der Waals surface area (Å²) in [4.78, 5) is 24.0. The Bertz CT molecular complexity index is 362. The van der Waals surface area contributed by atoms with E-state index < -0.39 is 30.9 Å². The van der Waals surface area contributed by atoms with Crippen LogP contribution in [0.15, 0.2) is 0 Å². The first kappa shape index (κ1) is 16.5. The summed E-state index contributed by atoms with van der Waals surface area (Å²) in [5, 5.41) is 11.2. The third-order valence-corrected chi connectivity index (χ3v) is 2.94. The number of carbonyl (C=O) groups is 2. The predicted octanol–water partition coefficient (Wildman–Crippen LogP) is 1.27. The van der Waals surface area contributed by atoms with Crippen LogP contribution < -0.4 is 5.32 Å². The second-order valence-corrected chi connectivity index (χ2v) is 4.81. The molecule has 0 radical (unpaired) electrons. The molecule has 2 N–H and O–H groups in total. The van der Waals surface area contributed by atoms with E-state index in [1.54, 1.807) is 0 Å². The van der Waals surface area contributed by atoms with Gasteiger partial charge in [0.05, 0.1) is 12.5 Å². The molecule has 116 valence electrons. The Labute approximate surface area is 113 Å². The van der Waals surface area contributed by atoms with Crippen molar-refractivity contribution in [2.45, 2.75) is 19.7 Å².